The fourth-order valence-corrected chi connectivity index (χ4v) is 4.12. The summed E-state index contributed by atoms with van der Waals surface area (Å²) in [6, 6.07) is 5.47. The number of carboxylic acid groups (broad SMARTS) is 1. The molecule has 0 fully saturated rings. The summed E-state index contributed by atoms with van der Waals surface area (Å²) in [4.78, 5) is 17.1. The first-order valence-electron chi connectivity index (χ1n) is 8.05. The van der Waals surface area contributed by atoms with Gasteiger partial charge in [-0.1, -0.05) is 19.1 Å². The normalized spacial score (nSPS) is 14.9. The lowest BCUT2D eigenvalue weighted by Crippen LogP contribution is -2.29. The molecular formula is C17H18N4O2S. The van der Waals surface area contributed by atoms with Gasteiger partial charge >= 0.3 is 5.97 Å². The summed E-state index contributed by atoms with van der Waals surface area (Å²) in [5.74, 6) is -0.892. The summed E-state index contributed by atoms with van der Waals surface area (Å²) in [5, 5.41) is 21.0. The summed E-state index contributed by atoms with van der Waals surface area (Å²) in [5.41, 5.74) is 3.44. The molecular weight excluding hydrogens is 324 g/mol. The van der Waals surface area contributed by atoms with Crippen molar-refractivity contribution in [2.75, 3.05) is 6.54 Å². The second-order valence-electron chi connectivity index (χ2n) is 6.02. The molecule has 3 heterocycles. The number of fused-ring (bicyclic) bond motifs is 3. The molecule has 0 aliphatic carbocycles. The molecule has 2 N–H and O–H groups in total. The predicted octanol–water partition coefficient (Wildman–Crippen LogP) is 2.84. The minimum absolute atomic E-state index is 0.338. The monoisotopic (exact) mass is 342 g/mol. The first-order chi connectivity index (χ1) is 11.7. The highest BCUT2D eigenvalue weighted by Crippen LogP contribution is 2.30. The highest BCUT2D eigenvalue weighted by Gasteiger charge is 2.23. The van der Waals surface area contributed by atoms with Crippen LogP contribution >= 0.6 is 11.3 Å². The molecule has 0 spiro atoms. The van der Waals surface area contributed by atoms with Crippen molar-refractivity contribution in [2.24, 2.45) is 0 Å². The van der Waals surface area contributed by atoms with Gasteiger partial charge in [-0.2, -0.15) is 0 Å². The Morgan fingerprint density at radius 3 is 2.96 bits per heavy atom. The molecule has 4 rings (SSSR count). The van der Waals surface area contributed by atoms with Gasteiger partial charge in [0.15, 0.2) is 0 Å². The Hall–Kier alpha value is -2.25. The standard InChI is InChI=1S/C17H18N4O2S/c1-2-14-19-20-15(24-14)9-21-7-6-13-12(8-21)10-4-3-5-11(17(22)23)16(10)18-13/h3-5,18H,2,6-9H2,1H3,(H,22,23). The number of benzene rings is 1. The molecule has 0 atom stereocenters. The Morgan fingerprint density at radius 1 is 1.38 bits per heavy atom. The van der Waals surface area contributed by atoms with Crippen molar-refractivity contribution in [1.29, 1.82) is 0 Å². The number of hydrogen-bond acceptors (Lipinski definition) is 5. The molecule has 6 nitrogen and oxygen atoms in total. The number of hydrogen-bond donors (Lipinski definition) is 2. The number of aromatic amines is 1. The van der Waals surface area contributed by atoms with Crippen LogP contribution in [0.4, 0.5) is 0 Å². The first-order valence-corrected chi connectivity index (χ1v) is 8.86. The molecule has 1 aliphatic heterocycles. The van der Waals surface area contributed by atoms with Crippen LogP contribution in [0.5, 0.6) is 0 Å². The number of nitrogens with zero attached hydrogens (tertiary/aromatic N) is 3. The Kier molecular flexibility index (Phi) is 3.82. The van der Waals surface area contributed by atoms with Crippen LogP contribution in [0.15, 0.2) is 18.2 Å². The Bertz CT molecular complexity index is 915. The smallest absolute Gasteiger partial charge is 0.337 e. The van der Waals surface area contributed by atoms with E-state index in [1.165, 1.54) is 5.56 Å². The average molecular weight is 342 g/mol. The third-order valence-corrected chi connectivity index (χ3v) is 5.54. The lowest BCUT2D eigenvalue weighted by molar-refractivity contribution is 0.0699. The zero-order valence-corrected chi connectivity index (χ0v) is 14.2. The summed E-state index contributed by atoms with van der Waals surface area (Å²) < 4.78 is 0. The van der Waals surface area contributed by atoms with E-state index in [0.717, 1.165) is 59.1 Å². The highest BCUT2D eigenvalue weighted by molar-refractivity contribution is 7.11. The topological polar surface area (TPSA) is 82.1 Å². The van der Waals surface area contributed by atoms with E-state index in [-0.39, 0.29) is 0 Å². The van der Waals surface area contributed by atoms with E-state index in [4.69, 9.17) is 0 Å². The minimum Gasteiger partial charge on any atom is -0.478 e. The van der Waals surface area contributed by atoms with Crippen LogP contribution < -0.4 is 0 Å². The van der Waals surface area contributed by atoms with Gasteiger partial charge < -0.3 is 10.1 Å². The molecule has 1 aliphatic rings. The number of aromatic nitrogens is 3. The van der Waals surface area contributed by atoms with Gasteiger partial charge in [0.1, 0.15) is 10.0 Å². The zero-order valence-electron chi connectivity index (χ0n) is 13.4. The number of para-hydroxylation sites is 1. The SMILES string of the molecule is CCc1nnc(CN2CCc3[nH]c4c(C(=O)O)cccc4c3C2)s1. The van der Waals surface area contributed by atoms with Crippen molar-refractivity contribution in [1.82, 2.24) is 20.1 Å². The molecule has 0 saturated carbocycles. The van der Waals surface area contributed by atoms with Gasteiger partial charge in [-0.3, -0.25) is 4.90 Å². The maximum Gasteiger partial charge on any atom is 0.337 e. The van der Waals surface area contributed by atoms with Crippen LogP contribution in [0.1, 0.15) is 38.6 Å². The van der Waals surface area contributed by atoms with E-state index in [2.05, 4.69) is 27.0 Å². The van der Waals surface area contributed by atoms with Crippen molar-refractivity contribution in [2.45, 2.75) is 32.9 Å². The second kappa shape index (κ2) is 5.99. The maximum atomic E-state index is 11.4. The van der Waals surface area contributed by atoms with Crippen LogP contribution in [0.2, 0.25) is 0 Å². The molecule has 2 aromatic heterocycles. The lowest BCUT2D eigenvalue weighted by Gasteiger charge is -2.25. The Balaban J connectivity index is 1.63. The second-order valence-corrected chi connectivity index (χ2v) is 7.17. The van der Waals surface area contributed by atoms with Crippen molar-refractivity contribution < 1.29 is 9.90 Å². The van der Waals surface area contributed by atoms with Gasteiger partial charge in [0.05, 0.1) is 17.6 Å². The molecule has 7 heteroatoms. The number of carboxylic acids is 1. The third-order valence-electron chi connectivity index (χ3n) is 4.49. The molecule has 0 saturated heterocycles. The summed E-state index contributed by atoms with van der Waals surface area (Å²) in [6.07, 6.45) is 1.81. The van der Waals surface area contributed by atoms with Gasteiger partial charge in [-0.25, -0.2) is 4.79 Å². The average Bonchev–Trinajstić information content (AvgIpc) is 3.18. The predicted molar refractivity (Wildman–Crippen MR) is 92.4 cm³/mol. The zero-order chi connectivity index (χ0) is 16.7. The number of aryl methyl sites for hydroxylation is 1. The van der Waals surface area contributed by atoms with Crippen LogP contribution in [0.3, 0.4) is 0 Å². The number of rotatable bonds is 4. The number of carbonyl (C=O) groups is 1. The molecule has 3 aromatic rings. The third kappa shape index (κ3) is 2.59. The maximum absolute atomic E-state index is 11.4. The Morgan fingerprint density at radius 2 is 2.21 bits per heavy atom. The lowest BCUT2D eigenvalue weighted by atomic mass is 10.0. The largest absolute Gasteiger partial charge is 0.478 e. The highest BCUT2D eigenvalue weighted by atomic mass is 32.1. The fourth-order valence-electron chi connectivity index (χ4n) is 3.29. The summed E-state index contributed by atoms with van der Waals surface area (Å²) >= 11 is 1.67. The van der Waals surface area contributed by atoms with E-state index in [1.807, 2.05) is 12.1 Å². The first kappa shape index (κ1) is 15.3. The van der Waals surface area contributed by atoms with Crippen molar-refractivity contribution >= 4 is 28.2 Å². The number of H-pyrrole nitrogens is 1. The quantitative estimate of drug-likeness (QED) is 0.762. The van der Waals surface area contributed by atoms with Crippen LogP contribution in [0, 0.1) is 0 Å². The van der Waals surface area contributed by atoms with Crippen molar-refractivity contribution in [3.05, 3.63) is 45.0 Å². The van der Waals surface area contributed by atoms with E-state index >= 15 is 0 Å². The van der Waals surface area contributed by atoms with Gasteiger partial charge in [-0.05, 0) is 18.1 Å². The minimum atomic E-state index is -0.892. The van der Waals surface area contributed by atoms with Gasteiger partial charge in [0, 0.05) is 30.6 Å². The summed E-state index contributed by atoms with van der Waals surface area (Å²) in [7, 11) is 0. The molecule has 0 bridgehead atoms. The van der Waals surface area contributed by atoms with Crippen molar-refractivity contribution in [3.8, 4) is 0 Å². The van der Waals surface area contributed by atoms with E-state index in [0.29, 0.717) is 5.56 Å². The van der Waals surface area contributed by atoms with E-state index in [9.17, 15) is 9.90 Å². The van der Waals surface area contributed by atoms with Crippen LogP contribution in [0.25, 0.3) is 10.9 Å². The van der Waals surface area contributed by atoms with Crippen LogP contribution in [-0.4, -0.2) is 37.7 Å². The fraction of sp³-hybridized carbons (Fsp3) is 0.353. The van der Waals surface area contributed by atoms with Gasteiger partial charge in [-0.15, -0.1) is 21.5 Å². The van der Waals surface area contributed by atoms with Crippen LogP contribution in [-0.2, 0) is 25.9 Å². The summed E-state index contributed by atoms with van der Waals surface area (Å²) in [6.45, 7) is 4.62. The van der Waals surface area contributed by atoms with E-state index in [1.54, 1.807) is 17.4 Å². The Labute approximate surface area is 143 Å². The molecule has 124 valence electrons. The number of nitrogens with one attached hydrogen (secondary N) is 1. The molecule has 0 amide bonds. The molecule has 24 heavy (non-hydrogen) atoms. The molecule has 0 unspecified atom stereocenters. The van der Waals surface area contributed by atoms with Gasteiger partial charge in [0.25, 0.3) is 0 Å². The molecule has 0 radical (unpaired) electrons. The molecule has 1 aromatic carbocycles. The van der Waals surface area contributed by atoms with E-state index < -0.39 is 5.97 Å². The van der Waals surface area contributed by atoms with Gasteiger partial charge in [0.2, 0.25) is 0 Å². The number of aromatic carboxylic acids is 1. The van der Waals surface area contributed by atoms with Crippen molar-refractivity contribution in [3.63, 3.8) is 0 Å².